The molecule has 2 heterocycles. The van der Waals surface area contributed by atoms with Crippen molar-refractivity contribution < 1.29 is 4.42 Å². The highest BCUT2D eigenvalue weighted by Crippen LogP contribution is 2.42. The van der Waals surface area contributed by atoms with Gasteiger partial charge in [-0.3, -0.25) is 4.79 Å². The van der Waals surface area contributed by atoms with Gasteiger partial charge in [0.25, 0.3) is 5.56 Å². The lowest BCUT2D eigenvalue weighted by Gasteiger charge is -2.09. The van der Waals surface area contributed by atoms with E-state index in [4.69, 9.17) is 9.40 Å². The van der Waals surface area contributed by atoms with E-state index in [9.17, 15) is 4.79 Å². The van der Waals surface area contributed by atoms with Crippen LogP contribution in [0.1, 0.15) is 42.7 Å². The summed E-state index contributed by atoms with van der Waals surface area (Å²) in [5, 5.41) is 0. The molecule has 0 aliphatic heterocycles. The van der Waals surface area contributed by atoms with Gasteiger partial charge in [0.15, 0.2) is 11.5 Å². The molecule has 130 valence electrons. The molecule has 1 aliphatic carbocycles. The van der Waals surface area contributed by atoms with Crippen molar-refractivity contribution in [1.82, 2.24) is 9.55 Å². The van der Waals surface area contributed by atoms with Gasteiger partial charge >= 0.3 is 0 Å². The summed E-state index contributed by atoms with van der Waals surface area (Å²) in [6.45, 7) is 4.03. The second kappa shape index (κ2) is 6.37. The van der Waals surface area contributed by atoms with Gasteiger partial charge in [0, 0.05) is 41.6 Å². The molecule has 1 saturated carbocycles. The van der Waals surface area contributed by atoms with Crippen LogP contribution in [0, 0.1) is 6.92 Å². The maximum absolute atomic E-state index is 12.1. The second-order valence-corrected chi connectivity index (χ2v) is 8.06. The number of thioether (sulfide) groups is 1. The monoisotopic (exact) mass is 354 g/mol. The maximum Gasteiger partial charge on any atom is 0.253 e. The van der Waals surface area contributed by atoms with Crippen molar-refractivity contribution in [2.75, 3.05) is 5.75 Å². The van der Waals surface area contributed by atoms with E-state index >= 15 is 0 Å². The Hall–Kier alpha value is -2.01. The van der Waals surface area contributed by atoms with Crippen molar-refractivity contribution in [3.63, 3.8) is 0 Å². The summed E-state index contributed by atoms with van der Waals surface area (Å²) in [7, 11) is 1.80. The third-order valence-electron chi connectivity index (χ3n) is 4.64. The number of pyridine rings is 1. The SMILES string of the molecule is CCSCc1cc(-c2cc(C)c(=O)n(C)c2)c2nc(C3CC3)oc2c1. The number of nitrogens with zero attached hydrogens (tertiary/aromatic N) is 2. The average molecular weight is 354 g/mol. The van der Waals surface area contributed by atoms with E-state index in [-0.39, 0.29) is 5.56 Å². The van der Waals surface area contributed by atoms with Crippen LogP contribution in [0.3, 0.4) is 0 Å². The van der Waals surface area contributed by atoms with Crippen LogP contribution >= 0.6 is 11.8 Å². The van der Waals surface area contributed by atoms with Crippen LogP contribution in [0.4, 0.5) is 0 Å². The molecule has 4 rings (SSSR count). The van der Waals surface area contributed by atoms with E-state index in [1.807, 2.05) is 30.9 Å². The predicted molar refractivity (Wildman–Crippen MR) is 103 cm³/mol. The van der Waals surface area contributed by atoms with E-state index in [0.717, 1.165) is 45.2 Å². The highest BCUT2D eigenvalue weighted by Gasteiger charge is 2.29. The molecule has 0 radical (unpaired) electrons. The number of benzene rings is 1. The van der Waals surface area contributed by atoms with Gasteiger partial charge in [-0.1, -0.05) is 6.92 Å². The second-order valence-electron chi connectivity index (χ2n) is 6.78. The summed E-state index contributed by atoms with van der Waals surface area (Å²) in [5.74, 6) is 3.37. The van der Waals surface area contributed by atoms with Crippen LogP contribution < -0.4 is 5.56 Å². The van der Waals surface area contributed by atoms with Crippen molar-refractivity contribution in [3.05, 3.63) is 51.8 Å². The molecule has 0 amide bonds. The quantitative estimate of drug-likeness (QED) is 0.670. The van der Waals surface area contributed by atoms with Crippen LogP contribution in [-0.4, -0.2) is 15.3 Å². The van der Waals surface area contributed by atoms with E-state index in [2.05, 4.69) is 19.1 Å². The first-order valence-electron chi connectivity index (χ1n) is 8.75. The number of hydrogen-bond donors (Lipinski definition) is 0. The lowest BCUT2D eigenvalue weighted by atomic mass is 10.0. The van der Waals surface area contributed by atoms with Gasteiger partial charge in [0.05, 0.1) is 0 Å². The fraction of sp³-hybridized carbons (Fsp3) is 0.400. The zero-order chi connectivity index (χ0) is 17.6. The van der Waals surface area contributed by atoms with Gasteiger partial charge < -0.3 is 8.98 Å². The summed E-state index contributed by atoms with van der Waals surface area (Å²) in [6.07, 6.45) is 4.23. The minimum absolute atomic E-state index is 0.0384. The van der Waals surface area contributed by atoms with Gasteiger partial charge in [0.1, 0.15) is 5.52 Å². The first-order valence-corrected chi connectivity index (χ1v) is 9.91. The van der Waals surface area contributed by atoms with Crippen LogP contribution in [0.5, 0.6) is 0 Å². The standard InChI is InChI=1S/C20H22N2O2S/c1-4-25-11-13-8-16(15-7-12(2)20(23)22(3)10-15)18-17(9-13)24-19(21-18)14-5-6-14/h7-10,14H,4-6,11H2,1-3H3. The molecule has 4 nitrogen and oxygen atoms in total. The van der Waals surface area contributed by atoms with Crippen molar-refractivity contribution in [2.24, 2.45) is 7.05 Å². The Morgan fingerprint density at radius 2 is 2.12 bits per heavy atom. The molecule has 5 heteroatoms. The van der Waals surface area contributed by atoms with Crippen LogP contribution in [0.25, 0.3) is 22.2 Å². The molecule has 1 aliphatic rings. The van der Waals surface area contributed by atoms with Crippen LogP contribution in [0.15, 0.2) is 33.6 Å². The maximum atomic E-state index is 12.1. The fourth-order valence-corrected chi connectivity index (χ4v) is 3.76. The average Bonchev–Trinajstić information content (AvgIpc) is 3.36. The topological polar surface area (TPSA) is 48.0 Å². The smallest absolute Gasteiger partial charge is 0.253 e. The van der Waals surface area contributed by atoms with Gasteiger partial charge in [-0.2, -0.15) is 11.8 Å². The van der Waals surface area contributed by atoms with E-state index in [0.29, 0.717) is 5.92 Å². The lowest BCUT2D eigenvalue weighted by molar-refractivity contribution is 0.533. The number of aryl methyl sites for hydroxylation is 2. The molecule has 0 atom stereocenters. The van der Waals surface area contributed by atoms with E-state index in [1.165, 1.54) is 18.4 Å². The van der Waals surface area contributed by atoms with E-state index in [1.54, 1.807) is 11.6 Å². The lowest BCUT2D eigenvalue weighted by Crippen LogP contribution is -2.18. The van der Waals surface area contributed by atoms with Crippen LogP contribution in [-0.2, 0) is 12.8 Å². The molecular weight excluding hydrogens is 332 g/mol. The Morgan fingerprint density at radius 1 is 1.32 bits per heavy atom. The van der Waals surface area contributed by atoms with E-state index < -0.39 is 0 Å². The Labute approximate surface area is 151 Å². The largest absolute Gasteiger partial charge is 0.440 e. The highest BCUT2D eigenvalue weighted by atomic mass is 32.2. The van der Waals surface area contributed by atoms with Crippen molar-refractivity contribution >= 4 is 22.9 Å². The number of hydrogen-bond acceptors (Lipinski definition) is 4. The number of fused-ring (bicyclic) bond motifs is 1. The van der Waals surface area contributed by atoms with Crippen molar-refractivity contribution in [3.8, 4) is 11.1 Å². The molecule has 0 unspecified atom stereocenters. The molecule has 1 fully saturated rings. The van der Waals surface area contributed by atoms with Crippen molar-refractivity contribution in [1.29, 1.82) is 0 Å². The zero-order valence-corrected chi connectivity index (χ0v) is 15.7. The molecule has 2 aromatic heterocycles. The first-order chi connectivity index (χ1) is 12.1. The molecule has 3 aromatic rings. The summed E-state index contributed by atoms with van der Waals surface area (Å²) < 4.78 is 7.71. The number of aromatic nitrogens is 2. The summed E-state index contributed by atoms with van der Waals surface area (Å²) in [6, 6.07) is 6.28. The molecule has 1 aromatic carbocycles. The molecule has 0 bridgehead atoms. The molecule has 0 spiro atoms. The molecule has 25 heavy (non-hydrogen) atoms. The third kappa shape index (κ3) is 3.13. The number of oxazole rings is 1. The van der Waals surface area contributed by atoms with Gasteiger partial charge in [0.2, 0.25) is 0 Å². The van der Waals surface area contributed by atoms with Crippen molar-refractivity contribution in [2.45, 2.75) is 38.4 Å². The Morgan fingerprint density at radius 3 is 2.80 bits per heavy atom. The zero-order valence-electron chi connectivity index (χ0n) is 14.8. The normalized spacial score (nSPS) is 14.4. The molecule has 0 N–H and O–H groups in total. The molecular formula is C20H22N2O2S. The molecule has 0 saturated heterocycles. The Kier molecular flexibility index (Phi) is 4.20. The first kappa shape index (κ1) is 16.5. The summed E-state index contributed by atoms with van der Waals surface area (Å²) >= 11 is 1.89. The summed E-state index contributed by atoms with van der Waals surface area (Å²) in [5.41, 5.74) is 5.85. The third-order valence-corrected chi connectivity index (χ3v) is 5.59. The summed E-state index contributed by atoms with van der Waals surface area (Å²) in [4.78, 5) is 16.8. The Balaban J connectivity index is 1.91. The van der Waals surface area contributed by atoms with Crippen LogP contribution in [0.2, 0.25) is 0 Å². The predicted octanol–water partition coefficient (Wildman–Crippen LogP) is 4.63. The fourth-order valence-electron chi connectivity index (χ4n) is 3.16. The van der Waals surface area contributed by atoms with Gasteiger partial charge in [-0.15, -0.1) is 0 Å². The number of rotatable bonds is 5. The minimum Gasteiger partial charge on any atom is -0.440 e. The van der Waals surface area contributed by atoms with Gasteiger partial charge in [-0.05, 0) is 49.3 Å². The van der Waals surface area contributed by atoms with Gasteiger partial charge in [-0.25, -0.2) is 4.98 Å². The minimum atomic E-state index is 0.0384. The highest BCUT2D eigenvalue weighted by molar-refractivity contribution is 7.98. The Bertz CT molecular complexity index is 973.